The van der Waals surface area contributed by atoms with Crippen LogP contribution in [0, 0.1) is 0 Å². The van der Waals surface area contributed by atoms with Gasteiger partial charge in [0, 0.05) is 49.8 Å². The van der Waals surface area contributed by atoms with Crippen LogP contribution in [0.1, 0.15) is 31.4 Å². The second-order valence-electron chi connectivity index (χ2n) is 14.0. The molecular formula is C41H42N6O7. The van der Waals surface area contributed by atoms with E-state index in [0.717, 1.165) is 60.3 Å². The number of H-pyrrole nitrogens is 1. The van der Waals surface area contributed by atoms with Crippen molar-refractivity contribution >= 4 is 28.0 Å². The van der Waals surface area contributed by atoms with Gasteiger partial charge in [-0.1, -0.05) is 66.7 Å². The van der Waals surface area contributed by atoms with Crippen LogP contribution >= 0.6 is 0 Å². The van der Waals surface area contributed by atoms with Gasteiger partial charge in [0.25, 0.3) is 0 Å². The second-order valence-corrected chi connectivity index (χ2v) is 14.0. The fraction of sp³-hybridized carbons (Fsp3) is 0.317. The first-order chi connectivity index (χ1) is 26.2. The van der Waals surface area contributed by atoms with Crippen molar-refractivity contribution in [3.8, 4) is 28.3 Å². The summed E-state index contributed by atoms with van der Waals surface area (Å²) in [5.74, 6) is -0.101. The van der Waals surface area contributed by atoms with Gasteiger partial charge in [-0.15, -0.1) is 0 Å². The first-order valence-electron chi connectivity index (χ1n) is 18.2. The maximum Gasteiger partial charge on any atom is 0.326 e. The molecule has 1 amide bonds. The number of aliphatic hydroxyl groups excluding tert-OH is 3. The van der Waals surface area contributed by atoms with Crippen LogP contribution < -0.4 is 15.7 Å². The van der Waals surface area contributed by atoms with Crippen molar-refractivity contribution in [2.24, 2.45) is 0 Å². The number of aliphatic hydroxyl groups is 3. The zero-order valence-corrected chi connectivity index (χ0v) is 29.7. The van der Waals surface area contributed by atoms with E-state index in [9.17, 15) is 24.9 Å². The first kappa shape index (κ1) is 35.6. The van der Waals surface area contributed by atoms with E-state index in [1.54, 1.807) is 18.2 Å². The molecule has 8 rings (SSSR count). The topological polar surface area (TPSA) is 175 Å². The summed E-state index contributed by atoms with van der Waals surface area (Å²) in [7, 11) is 0. The van der Waals surface area contributed by atoms with E-state index in [1.807, 2.05) is 59.2 Å². The van der Waals surface area contributed by atoms with Crippen molar-refractivity contribution in [3.05, 3.63) is 113 Å². The van der Waals surface area contributed by atoms with Gasteiger partial charge in [-0.2, -0.15) is 0 Å². The van der Waals surface area contributed by atoms with Crippen LogP contribution in [-0.4, -0.2) is 96.0 Å². The van der Waals surface area contributed by atoms with Crippen LogP contribution in [-0.2, 0) is 16.1 Å². The maximum absolute atomic E-state index is 12.8. The highest BCUT2D eigenvalue weighted by molar-refractivity contribution is 5.87. The Morgan fingerprint density at radius 1 is 0.889 bits per heavy atom. The molecule has 0 bridgehead atoms. The number of aromatic amines is 1. The number of para-hydroxylation sites is 2. The SMILES string of the molecule is CC(=O)N[C@@H]1[C@@H](Oc2ccc3nc(-c4ccc(CN5CCC(n6c(=O)[nH]c7ccccc76)CC5)cc4)c(-c4ccccc4)nc3c2)O[C@H](CO)[C@@H](O)[C@@H]1O. The highest BCUT2D eigenvalue weighted by atomic mass is 16.7. The highest BCUT2D eigenvalue weighted by Crippen LogP contribution is 2.34. The van der Waals surface area contributed by atoms with Crippen molar-refractivity contribution in [1.29, 1.82) is 0 Å². The fourth-order valence-electron chi connectivity index (χ4n) is 7.61. The third-order valence-electron chi connectivity index (χ3n) is 10.4. The lowest BCUT2D eigenvalue weighted by atomic mass is 9.97. The van der Waals surface area contributed by atoms with Gasteiger partial charge in [-0.25, -0.2) is 14.8 Å². The molecule has 0 unspecified atom stereocenters. The third-order valence-corrected chi connectivity index (χ3v) is 10.4. The lowest BCUT2D eigenvalue weighted by molar-refractivity contribution is -0.244. The summed E-state index contributed by atoms with van der Waals surface area (Å²) in [6, 6.07) is 30.3. The molecule has 2 aromatic heterocycles. The molecule has 2 fully saturated rings. The molecule has 0 aliphatic carbocycles. The number of nitrogens with zero attached hydrogens (tertiary/aromatic N) is 4. The van der Waals surface area contributed by atoms with Gasteiger partial charge >= 0.3 is 5.69 Å². The zero-order chi connectivity index (χ0) is 37.3. The third kappa shape index (κ3) is 7.11. The van der Waals surface area contributed by atoms with Crippen molar-refractivity contribution in [3.63, 3.8) is 0 Å². The number of nitrogens with one attached hydrogen (secondary N) is 2. The number of likely N-dealkylation sites (tertiary alicyclic amines) is 1. The number of imidazole rings is 1. The van der Waals surface area contributed by atoms with Crippen molar-refractivity contribution < 1.29 is 29.6 Å². The number of aromatic nitrogens is 4. The van der Waals surface area contributed by atoms with Crippen LogP contribution in [0.3, 0.4) is 0 Å². The number of hydrogen-bond acceptors (Lipinski definition) is 10. The minimum atomic E-state index is -1.43. The monoisotopic (exact) mass is 730 g/mol. The summed E-state index contributed by atoms with van der Waals surface area (Å²) in [6.45, 7) is 3.33. The van der Waals surface area contributed by atoms with Crippen LogP contribution in [0.2, 0.25) is 0 Å². The molecule has 5 atom stereocenters. The van der Waals surface area contributed by atoms with E-state index in [-0.39, 0.29) is 11.7 Å². The summed E-state index contributed by atoms with van der Waals surface area (Å²) in [5.41, 5.74) is 7.37. The number of carbonyl (C=O) groups excluding carboxylic acids is 1. The van der Waals surface area contributed by atoms with Gasteiger partial charge in [0.05, 0.1) is 40.1 Å². The first-order valence-corrected chi connectivity index (χ1v) is 18.2. The Balaban J connectivity index is 1.02. The summed E-state index contributed by atoms with van der Waals surface area (Å²) < 4.78 is 13.8. The molecule has 2 saturated heterocycles. The van der Waals surface area contributed by atoms with E-state index in [0.29, 0.717) is 22.5 Å². The maximum atomic E-state index is 12.8. The van der Waals surface area contributed by atoms with Crippen LogP contribution in [0.15, 0.2) is 102 Å². The largest absolute Gasteiger partial charge is 0.462 e. The molecule has 13 heteroatoms. The Morgan fingerprint density at radius 2 is 1.57 bits per heavy atom. The summed E-state index contributed by atoms with van der Waals surface area (Å²) >= 11 is 0. The second kappa shape index (κ2) is 15.1. The standard InChI is InChI=1S/C41H42N6O7/c1-24(49)42-37-39(51)38(50)34(23-48)54-40(37)53-29-15-16-30-32(21-29)44-35(26-7-3-2-4-8-26)36(43-30)27-13-11-25(12-14-27)22-46-19-17-28(18-20-46)47-33-10-6-5-9-31(33)45-41(47)52/h2-16,21,28,34,37-40,48,50-51H,17-20,22-23H2,1H3,(H,42,49)(H,45,52)/t34-,37+,38-,39-,40+/m1/s1. The molecule has 278 valence electrons. The molecule has 0 spiro atoms. The minimum absolute atomic E-state index is 0.0456. The van der Waals surface area contributed by atoms with E-state index >= 15 is 0 Å². The van der Waals surface area contributed by atoms with Crippen molar-refractivity contribution in [1.82, 2.24) is 29.7 Å². The summed E-state index contributed by atoms with van der Waals surface area (Å²) in [5, 5.41) is 33.4. The number of rotatable bonds is 9. The number of carbonyl (C=O) groups is 1. The molecule has 0 radical (unpaired) electrons. The van der Waals surface area contributed by atoms with Gasteiger partial charge in [0.15, 0.2) is 0 Å². The van der Waals surface area contributed by atoms with E-state index < -0.39 is 43.2 Å². The number of benzene rings is 4. The average molecular weight is 731 g/mol. The van der Waals surface area contributed by atoms with E-state index in [4.69, 9.17) is 19.4 Å². The Kier molecular flexibility index (Phi) is 9.97. The molecule has 4 aromatic carbocycles. The number of piperidine rings is 1. The predicted octanol–water partition coefficient (Wildman–Crippen LogP) is 3.77. The normalized spacial score (nSPS) is 22.4. The molecule has 5 N–H and O–H groups in total. The predicted molar refractivity (Wildman–Crippen MR) is 203 cm³/mol. The average Bonchev–Trinajstić information content (AvgIpc) is 3.53. The van der Waals surface area contributed by atoms with Gasteiger partial charge in [0.2, 0.25) is 12.2 Å². The molecule has 0 saturated carbocycles. The fourth-order valence-corrected chi connectivity index (χ4v) is 7.61. The van der Waals surface area contributed by atoms with E-state index in [1.165, 1.54) is 12.5 Å². The number of amides is 1. The van der Waals surface area contributed by atoms with Crippen molar-refractivity contribution in [2.45, 2.75) is 63.0 Å². The Morgan fingerprint density at radius 3 is 2.30 bits per heavy atom. The molecule has 2 aliphatic heterocycles. The zero-order valence-electron chi connectivity index (χ0n) is 29.7. The van der Waals surface area contributed by atoms with Crippen LogP contribution in [0.25, 0.3) is 44.6 Å². The van der Waals surface area contributed by atoms with Gasteiger partial charge in [0.1, 0.15) is 30.1 Å². The molecule has 6 aromatic rings. The molecule has 4 heterocycles. The number of hydrogen-bond donors (Lipinski definition) is 5. The highest BCUT2D eigenvalue weighted by Gasteiger charge is 2.46. The number of fused-ring (bicyclic) bond motifs is 2. The molecule has 13 nitrogen and oxygen atoms in total. The molecular weight excluding hydrogens is 688 g/mol. The molecule has 54 heavy (non-hydrogen) atoms. The quantitative estimate of drug-likeness (QED) is 0.147. The summed E-state index contributed by atoms with van der Waals surface area (Å²) in [6.07, 6.45) is -3.35. The molecule has 2 aliphatic rings. The van der Waals surface area contributed by atoms with Gasteiger partial charge < -0.3 is 35.1 Å². The number of ether oxygens (including phenoxy) is 2. The Labute approximate surface area is 310 Å². The van der Waals surface area contributed by atoms with Gasteiger partial charge in [-0.05, 0) is 42.7 Å². The van der Waals surface area contributed by atoms with Crippen molar-refractivity contribution in [2.75, 3.05) is 19.7 Å². The van der Waals surface area contributed by atoms with Crippen LogP contribution in [0.4, 0.5) is 0 Å². The summed E-state index contributed by atoms with van der Waals surface area (Å²) in [4.78, 5) is 40.2. The van der Waals surface area contributed by atoms with Gasteiger partial charge in [-0.3, -0.25) is 14.3 Å². The lowest BCUT2D eigenvalue weighted by Crippen LogP contribution is -2.65. The Hall–Kier alpha value is -5.44. The minimum Gasteiger partial charge on any atom is -0.462 e. The van der Waals surface area contributed by atoms with Crippen LogP contribution in [0.5, 0.6) is 5.75 Å². The Bertz CT molecular complexity index is 2320. The van der Waals surface area contributed by atoms with E-state index in [2.05, 4.69) is 39.5 Å². The lowest BCUT2D eigenvalue weighted by Gasteiger charge is -2.42. The smallest absolute Gasteiger partial charge is 0.326 e.